The summed E-state index contributed by atoms with van der Waals surface area (Å²) in [6, 6.07) is 12.3. The van der Waals surface area contributed by atoms with E-state index < -0.39 is 17.5 Å². The maximum Gasteiger partial charge on any atom is 0.271 e. The molecule has 0 fully saturated rings. The highest BCUT2D eigenvalue weighted by Crippen LogP contribution is 2.17. The van der Waals surface area contributed by atoms with E-state index in [0.717, 1.165) is 0 Å². The number of hydrogen-bond acceptors (Lipinski definition) is 4. The zero-order chi connectivity index (χ0) is 17.6. The summed E-state index contributed by atoms with van der Waals surface area (Å²) in [7, 11) is 0. The molecule has 25 heavy (non-hydrogen) atoms. The van der Waals surface area contributed by atoms with Crippen LogP contribution in [-0.2, 0) is 6.54 Å². The first-order valence-corrected chi connectivity index (χ1v) is 7.48. The summed E-state index contributed by atoms with van der Waals surface area (Å²) in [5.74, 6) is -0.988. The molecule has 0 spiro atoms. The lowest BCUT2D eigenvalue weighted by molar-refractivity contribution is 0.0945. The number of anilines is 2. The van der Waals surface area contributed by atoms with Gasteiger partial charge in [-0.1, -0.05) is 30.3 Å². The number of benzene rings is 2. The summed E-state index contributed by atoms with van der Waals surface area (Å²) >= 11 is 0. The van der Waals surface area contributed by atoms with Crippen molar-refractivity contribution >= 4 is 17.4 Å². The zero-order valence-corrected chi connectivity index (χ0v) is 13.0. The fourth-order valence-corrected chi connectivity index (χ4v) is 2.12. The second-order valence-corrected chi connectivity index (χ2v) is 5.17. The van der Waals surface area contributed by atoms with E-state index in [9.17, 15) is 13.6 Å². The Morgan fingerprint density at radius 1 is 0.920 bits per heavy atom. The van der Waals surface area contributed by atoms with Crippen molar-refractivity contribution in [3.8, 4) is 0 Å². The Morgan fingerprint density at radius 2 is 1.64 bits per heavy atom. The van der Waals surface area contributed by atoms with Crippen LogP contribution in [0.15, 0.2) is 60.9 Å². The van der Waals surface area contributed by atoms with Gasteiger partial charge in [0, 0.05) is 12.1 Å². The highest BCUT2D eigenvalue weighted by Gasteiger charge is 2.10. The van der Waals surface area contributed by atoms with Crippen molar-refractivity contribution in [3.63, 3.8) is 0 Å². The first kappa shape index (κ1) is 16.5. The third-order valence-electron chi connectivity index (χ3n) is 3.42. The Morgan fingerprint density at radius 3 is 2.32 bits per heavy atom. The van der Waals surface area contributed by atoms with Crippen molar-refractivity contribution in [1.29, 1.82) is 0 Å². The smallest absolute Gasteiger partial charge is 0.271 e. The van der Waals surface area contributed by atoms with Crippen molar-refractivity contribution in [1.82, 2.24) is 15.3 Å². The molecule has 3 rings (SSSR count). The lowest BCUT2D eigenvalue weighted by atomic mass is 10.2. The van der Waals surface area contributed by atoms with E-state index in [1.54, 1.807) is 36.4 Å². The number of nitrogens with zero attached hydrogens (tertiary/aromatic N) is 2. The molecule has 0 aliphatic rings. The molecular formula is C18H14F2N4O. The molecule has 1 aromatic heterocycles. The fourth-order valence-electron chi connectivity index (χ4n) is 2.12. The second kappa shape index (κ2) is 7.48. The van der Waals surface area contributed by atoms with Crippen LogP contribution < -0.4 is 10.6 Å². The van der Waals surface area contributed by atoms with E-state index in [1.165, 1.54) is 24.5 Å². The largest absolute Gasteiger partial charge is 0.346 e. The van der Waals surface area contributed by atoms with E-state index in [2.05, 4.69) is 20.6 Å². The summed E-state index contributed by atoms with van der Waals surface area (Å²) in [6.07, 6.45) is 2.59. The maximum absolute atomic E-state index is 13.6. The standard InChI is InChI=1S/C18H14F2N4O/c19-13-6-2-1-5-12(13)9-23-18(25)16-10-22-17(11-21-16)24-15-8-4-3-7-14(15)20/h1-8,10-11H,9H2,(H,22,24)(H,23,25). The summed E-state index contributed by atoms with van der Waals surface area (Å²) in [6.45, 7) is 0.0441. The predicted octanol–water partition coefficient (Wildman–Crippen LogP) is 3.43. The number of rotatable bonds is 5. The SMILES string of the molecule is O=C(NCc1ccccc1F)c1cnc(Nc2ccccc2F)cn1. The van der Waals surface area contributed by atoms with Crippen LogP contribution in [-0.4, -0.2) is 15.9 Å². The molecule has 0 atom stereocenters. The van der Waals surface area contributed by atoms with Gasteiger partial charge in [-0.2, -0.15) is 0 Å². The van der Waals surface area contributed by atoms with Crippen LogP contribution in [0, 0.1) is 11.6 Å². The minimum absolute atomic E-state index is 0.0441. The fraction of sp³-hybridized carbons (Fsp3) is 0.0556. The van der Waals surface area contributed by atoms with Gasteiger partial charge < -0.3 is 10.6 Å². The van der Waals surface area contributed by atoms with E-state index in [4.69, 9.17) is 0 Å². The van der Waals surface area contributed by atoms with E-state index in [0.29, 0.717) is 11.4 Å². The van der Waals surface area contributed by atoms with Crippen LogP contribution in [0.2, 0.25) is 0 Å². The lowest BCUT2D eigenvalue weighted by Gasteiger charge is -2.08. The minimum atomic E-state index is -0.479. The van der Waals surface area contributed by atoms with Crippen molar-refractivity contribution in [3.05, 3.63) is 83.8 Å². The molecule has 0 unspecified atom stereocenters. The quantitative estimate of drug-likeness (QED) is 0.747. The van der Waals surface area contributed by atoms with Crippen molar-refractivity contribution in [2.24, 2.45) is 0 Å². The molecule has 3 aromatic rings. The molecule has 0 radical (unpaired) electrons. The maximum atomic E-state index is 13.6. The number of halogens is 2. The molecule has 7 heteroatoms. The van der Waals surface area contributed by atoms with Crippen molar-refractivity contribution < 1.29 is 13.6 Å². The average molecular weight is 340 g/mol. The molecule has 0 bridgehead atoms. The summed E-state index contributed by atoms with van der Waals surface area (Å²) < 4.78 is 27.1. The van der Waals surface area contributed by atoms with Crippen LogP contribution in [0.3, 0.4) is 0 Å². The van der Waals surface area contributed by atoms with Gasteiger partial charge in [0.1, 0.15) is 23.1 Å². The average Bonchev–Trinajstić information content (AvgIpc) is 2.63. The van der Waals surface area contributed by atoms with Gasteiger partial charge in [0.15, 0.2) is 0 Å². The molecule has 2 N–H and O–H groups in total. The molecule has 1 heterocycles. The number of hydrogen-bond donors (Lipinski definition) is 2. The molecule has 2 aromatic carbocycles. The molecule has 0 aliphatic carbocycles. The summed E-state index contributed by atoms with van der Waals surface area (Å²) in [5.41, 5.74) is 0.714. The van der Waals surface area contributed by atoms with Gasteiger partial charge in [-0.3, -0.25) is 4.79 Å². The highest BCUT2D eigenvalue weighted by molar-refractivity contribution is 5.92. The van der Waals surface area contributed by atoms with Gasteiger partial charge in [0.05, 0.1) is 18.1 Å². The van der Waals surface area contributed by atoms with Crippen LogP contribution >= 0.6 is 0 Å². The van der Waals surface area contributed by atoms with Gasteiger partial charge in [-0.05, 0) is 18.2 Å². The second-order valence-electron chi connectivity index (χ2n) is 5.17. The normalized spacial score (nSPS) is 10.3. The van der Waals surface area contributed by atoms with Gasteiger partial charge in [-0.25, -0.2) is 18.7 Å². The van der Waals surface area contributed by atoms with Gasteiger partial charge >= 0.3 is 0 Å². The predicted molar refractivity (Wildman–Crippen MR) is 89.3 cm³/mol. The third kappa shape index (κ3) is 4.14. The first-order valence-electron chi connectivity index (χ1n) is 7.48. The number of para-hydroxylation sites is 1. The van der Waals surface area contributed by atoms with Crippen molar-refractivity contribution in [2.45, 2.75) is 6.54 Å². The Labute approximate surface area is 142 Å². The number of amides is 1. The van der Waals surface area contributed by atoms with E-state index in [1.807, 2.05) is 0 Å². The van der Waals surface area contributed by atoms with Crippen LogP contribution in [0.1, 0.15) is 16.1 Å². The first-order chi connectivity index (χ1) is 12.1. The molecule has 0 aliphatic heterocycles. The Bertz CT molecular complexity index is 884. The van der Waals surface area contributed by atoms with Gasteiger partial charge in [0.2, 0.25) is 0 Å². The Balaban J connectivity index is 1.63. The molecule has 1 amide bonds. The van der Waals surface area contributed by atoms with Crippen LogP contribution in [0.25, 0.3) is 0 Å². The summed E-state index contributed by atoms with van der Waals surface area (Å²) in [5, 5.41) is 5.35. The molecular weight excluding hydrogens is 326 g/mol. The lowest BCUT2D eigenvalue weighted by Crippen LogP contribution is -2.24. The van der Waals surface area contributed by atoms with Gasteiger partial charge in [0.25, 0.3) is 5.91 Å². The van der Waals surface area contributed by atoms with Crippen LogP contribution in [0.5, 0.6) is 0 Å². The van der Waals surface area contributed by atoms with E-state index >= 15 is 0 Å². The topological polar surface area (TPSA) is 66.9 Å². The number of carbonyl (C=O) groups is 1. The summed E-state index contributed by atoms with van der Waals surface area (Å²) in [4.78, 5) is 20.1. The third-order valence-corrected chi connectivity index (χ3v) is 3.42. The highest BCUT2D eigenvalue weighted by atomic mass is 19.1. The Kier molecular flexibility index (Phi) is 4.94. The van der Waals surface area contributed by atoms with Crippen LogP contribution in [0.4, 0.5) is 20.3 Å². The molecule has 0 saturated heterocycles. The molecule has 5 nitrogen and oxygen atoms in total. The molecule has 0 saturated carbocycles. The van der Waals surface area contributed by atoms with Gasteiger partial charge in [-0.15, -0.1) is 0 Å². The molecule has 126 valence electrons. The monoisotopic (exact) mass is 340 g/mol. The van der Waals surface area contributed by atoms with Crippen molar-refractivity contribution in [2.75, 3.05) is 5.32 Å². The number of carbonyl (C=O) groups excluding carboxylic acids is 1. The zero-order valence-electron chi connectivity index (χ0n) is 13.0. The minimum Gasteiger partial charge on any atom is -0.346 e. The van der Waals surface area contributed by atoms with E-state index in [-0.39, 0.29) is 17.9 Å². The number of aromatic nitrogens is 2. The number of nitrogens with one attached hydrogen (secondary N) is 2. The Hall–Kier alpha value is -3.35.